The molecule has 4 nitrogen and oxygen atoms in total. The first-order chi connectivity index (χ1) is 8.08. The van der Waals surface area contributed by atoms with Crippen molar-refractivity contribution in [1.29, 1.82) is 0 Å². The fourth-order valence-corrected chi connectivity index (χ4v) is 2.29. The number of carbonyl (C=O) groups excluding carboxylic acids is 1. The first-order valence-corrected chi connectivity index (χ1v) is 6.49. The Hall–Kier alpha value is -1.36. The third-order valence-corrected chi connectivity index (χ3v) is 3.23. The summed E-state index contributed by atoms with van der Waals surface area (Å²) in [4.78, 5) is 23.1. The standard InChI is InChI=1S/C12H17NO3S/c1-9(8-12(15)16)13-11(14)6-2-4-10-5-3-7-17-10/h3,5,7,9H,2,4,6,8H2,1H3,(H,13,14)(H,15,16). The summed E-state index contributed by atoms with van der Waals surface area (Å²) in [5, 5.41) is 13.2. The van der Waals surface area contributed by atoms with Crippen molar-refractivity contribution in [2.24, 2.45) is 0 Å². The Bertz CT molecular complexity index is 362. The predicted molar refractivity (Wildman–Crippen MR) is 67.1 cm³/mol. The van der Waals surface area contributed by atoms with Crippen LogP contribution in [0.25, 0.3) is 0 Å². The first-order valence-electron chi connectivity index (χ1n) is 5.61. The average molecular weight is 255 g/mol. The Morgan fingerprint density at radius 3 is 2.88 bits per heavy atom. The van der Waals surface area contributed by atoms with Crippen molar-refractivity contribution in [3.63, 3.8) is 0 Å². The molecule has 0 saturated heterocycles. The summed E-state index contributed by atoms with van der Waals surface area (Å²) in [6, 6.07) is 3.74. The van der Waals surface area contributed by atoms with Crippen molar-refractivity contribution >= 4 is 23.2 Å². The first kappa shape index (κ1) is 13.7. The molecule has 1 unspecified atom stereocenters. The molecule has 1 amide bonds. The maximum Gasteiger partial charge on any atom is 0.305 e. The van der Waals surface area contributed by atoms with Crippen LogP contribution >= 0.6 is 11.3 Å². The highest BCUT2D eigenvalue weighted by Crippen LogP contribution is 2.11. The van der Waals surface area contributed by atoms with Gasteiger partial charge < -0.3 is 10.4 Å². The average Bonchev–Trinajstić information content (AvgIpc) is 2.68. The molecule has 1 heterocycles. The van der Waals surface area contributed by atoms with Crippen molar-refractivity contribution in [3.05, 3.63) is 22.4 Å². The third-order valence-electron chi connectivity index (χ3n) is 2.30. The molecular weight excluding hydrogens is 238 g/mol. The monoisotopic (exact) mass is 255 g/mol. The second-order valence-electron chi connectivity index (χ2n) is 4.00. The lowest BCUT2D eigenvalue weighted by Gasteiger charge is -2.11. The topological polar surface area (TPSA) is 66.4 Å². The second kappa shape index (κ2) is 7.06. The number of amides is 1. The molecule has 1 atom stereocenters. The third kappa shape index (κ3) is 6.06. The number of aliphatic carboxylic acids is 1. The molecular formula is C12H17NO3S. The summed E-state index contributed by atoms with van der Waals surface area (Å²) in [7, 11) is 0. The molecule has 0 fully saturated rings. The largest absolute Gasteiger partial charge is 0.481 e. The number of thiophene rings is 1. The highest BCUT2D eigenvalue weighted by Gasteiger charge is 2.10. The lowest BCUT2D eigenvalue weighted by molar-refractivity contribution is -0.137. The predicted octanol–water partition coefficient (Wildman–Crippen LogP) is 2.05. The smallest absolute Gasteiger partial charge is 0.305 e. The van der Waals surface area contributed by atoms with Crippen LogP contribution in [0.5, 0.6) is 0 Å². The van der Waals surface area contributed by atoms with Gasteiger partial charge in [0.1, 0.15) is 0 Å². The van der Waals surface area contributed by atoms with E-state index in [1.165, 1.54) is 4.88 Å². The number of rotatable bonds is 7. The lowest BCUT2D eigenvalue weighted by atomic mass is 10.2. The Labute approximate surface area is 105 Å². The van der Waals surface area contributed by atoms with Gasteiger partial charge in [0, 0.05) is 17.3 Å². The molecule has 1 aromatic rings. The molecule has 0 spiro atoms. The minimum absolute atomic E-state index is 0.0311. The number of hydrogen-bond donors (Lipinski definition) is 2. The summed E-state index contributed by atoms with van der Waals surface area (Å²) in [5.74, 6) is -0.966. The van der Waals surface area contributed by atoms with Crippen molar-refractivity contribution < 1.29 is 14.7 Å². The van der Waals surface area contributed by atoms with E-state index >= 15 is 0 Å². The molecule has 0 saturated carbocycles. The molecule has 0 aliphatic rings. The van der Waals surface area contributed by atoms with E-state index in [9.17, 15) is 9.59 Å². The summed E-state index contributed by atoms with van der Waals surface area (Å²) in [5.41, 5.74) is 0. The van der Waals surface area contributed by atoms with Crippen LogP contribution in [0.4, 0.5) is 0 Å². The van der Waals surface area contributed by atoms with Crippen LogP contribution in [0.1, 0.15) is 31.1 Å². The number of carboxylic acids is 1. The number of carbonyl (C=O) groups is 2. The Morgan fingerprint density at radius 1 is 1.53 bits per heavy atom. The molecule has 0 aliphatic heterocycles. The van der Waals surface area contributed by atoms with Crippen molar-refractivity contribution in [2.75, 3.05) is 0 Å². The zero-order valence-electron chi connectivity index (χ0n) is 9.81. The van der Waals surface area contributed by atoms with Gasteiger partial charge in [0.25, 0.3) is 0 Å². The van der Waals surface area contributed by atoms with E-state index in [-0.39, 0.29) is 18.4 Å². The Balaban J connectivity index is 2.14. The molecule has 0 radical (unpaired) electrons. The zero-order valence-corrected chi connectivity index (χ0v) is 10.6. The van der Waals surface area contributed by atoms with Crippen LogP contribution in [0.2, 0.25) is 0 Å². The van der Waals surface area contributed by atoms with Crippen molar-refractivity contribution in [3.8, 4) is 0 Å². The van der Waals surface area contributed by atoms with Gasteiger partial charge in [-0.05, 0) is 31.2 Å². The van der Waals surface area contributed by atoms with Gasteiger partial charge in [0.2, 0.25) is 5.91 Å². The minimum Gasteiger partial charge on any atom is -0.481 e. The lowest BCUT2D eigenvalue weighted by Crippen LogP contribution is -2.34. The van der Waals surface area contributed by atoms with E-state index < -0.39 is 5.97 Å². The molecule has 5 heteroatoms. The SMILES string of the molecule is CC(CC(=O)O)NC(=O)CCCc1cccs1. The quantitative estimate of drug-likeness (QED) is 0.783. The van der Waals surface area contributed by atoms with Gasteiger partial charge in [0.05, 0.1) is 6.42 Å². The van der Waals surface area contributed by atoms with Gasteiger partial charge in [-0.1, -0.05) is 6.07 Å². The van der Waals surface area contributed by atoms with Crippen molar-refractivity contribution in [1.82, 2.24) is 5.32 Å². The molecule has 2 N–H and O–H groups in total. The normalized spacial score (nSPS) is 12.1. The van der Waals surface area contributed by atoms with Crippen LogP contribution in [0, 0.1) is 0 Å². The molecule has 0 aliphatic carbocycles. The van der Waals surface area contributed by atoms with E-state index in [0.717, 1.165) is 12.8 Å². The summed E-state index contributed by atoms with van der Waals surface area (Å²) >= 11 is 1.69. The van der Waals surface area contributed by atoms with E-state index in [0.29, 0.717) is 6.42 Å². The molecule has 17 heavy (non-hydrogen) atoms. The Morgan fingerprint density at radius 2 is 2.29 bits per heavy atom. The van der Waals surface area contributed by atoms with Gasteiger partial charge >= 0.3 is 5.97 Å². The minimum atomic E-state index is -0.892. The summed E-state index contributed by atoms with van der Waals surface area (Å²) < 4.78 is 0. The van der Waals surface area contributed by atoms with Crippen LogP contribution < -0.4 is 5.32 Å². The molecule has 94 valence electrons. The zero-order chi connectivity index (χ0) is 12.7. The highest BCUT2D eigenvalue weighted by molar-refractivity contribution is 7.09. The molecule has 1 aromatic heterocycles. The second-order valence-corrected chi connectivity index (χ2v) is 5.03. The molecule has 1 rings (SSSR count). The summed E-state index contributed by atoms with van der Waals surface area (Å²) in [6.07, 6.45) is 2.11. The Kier molecular flexibility index (Phi) is 5.69. The van der Waals surface area contributed by atoms with Crippen molar-refractivity contribution in [2.45, 2.75) is 38.6 Å². The number of nitrogens with one attached hydrogen (secondary N) is 1. The van der Waals surface area contributed by atoms with Crippen LogP contribution in [0.15, 0.2) is 17.5 Å². The van der Waals surface area contributed by atoms with Crippen LogP contribution in [-0.2, 0) is 16.0 Å². The van der Waals surface area contributed by atoms with E-state index in [2.05, 4.69) is 11.4 Å². The highest BCUT2D eigenvalue weighted by atomic mass is 32.1. The van der Waals surface area contributed by atoms with Gasteiger partial charge in [-0.15, -0.1) is 11.3 Å². The number of aryl methyl sites for hydroxylation is 1. The van der Waals surface area contributed by atoms with Gasteiger partial charge in [-0.2, -0.15) is 0 Å². The number of carboxylic acid groups (broad SMARTS) is 1. The van der Waals surface area contributed by atoms with Crippen LogP contribution in [-0.4, -0.2) is 23.0 Å². The molecule has 0 aromatic carbocycles. The maximum atomic E-state index is 11.5. The van der Waals surface area contributed by atoms with Crippen LogP contribution in [0.3, 0.4) is 0 Å². The number of hydrogen-bond acceptors (Lipinski definition) is 3. The van der Waals surface area contributed by atoms with Gasteiger partial charge in [0.15, 0.2) is 0 Å². The fourth-order valence-electron chi connectivity index (χ4n) is 1.54. The van der Waals surface area contributed by atoms with Gasteiger partial charge in [-0.3, -0.25) is 9.59 Å². The summed E-state index contributed by atoms with van der Waals surface area (Å²) in [6.45, 7) is 1.70. The molecule has 0 bridgehead atoms. The van der Waals surface area contributed by atoms with E-state index in [1.807, 2.05) is 11.4 Å². The van der Waals surface area contributed by atoms with E-state index in [4.69, 9.17) is 5.11 Å². The maximum absolute atomic E-state index is 11.5. The van der Waals surface area contributed by atoms with Gasteiger partial charge in [-0.25, -0.2) is 0 Å². The van der Waals surface area contributed by atoms with E-state index in [1.54, 1.807) is 18.3 Å². The fraction of sp³-hybridized carbons (Fsp3) is 0.500.